The molecule has 0 amide bonds. The Labute approximate surface area is 240 Å². The molecule has 226 valence electrons. The maximum atomic E-state index is 14.7. The van der Waals surface area contributed by atoms with E-state index in [-0.39, 0.29) is 43.2 Å². The van der Waals surface area contributed by atoms with Gasteiger partial charge in [0.25, 0.3) is 0 Å². The molecule has 2 aromatic carbocycles. The Morgan fingerprint density at radius 3 is 1.61 bits per heavy atom. The molecule has 0 unspecified atom stereocenters. The molecule has 41 heavy (non-hydrogen) atoms. The molecule has 4 rings (SSSR count). The minimum Gasteiger partial charge on any atom is -0.303 e. The normalized spacial score (nSPS) is 18.1. The summed E-state index contributed by atoms with van der Waals surface area (Å²) in [5.41, 5.74) is -2.39. The highest BCUT2D eigenvalue weighted by molar-refractivity contribution is 5.47. The predicted octanol–water partition coefficient (Wildman–Crippen LogP) is 9.46. The van der Waals surface area contributed by atoms with E-state index < -0.39 is 23.2 Å². The van der Waals surface area contributed by atoms with Gasteiger partial charge < -0.3 is 4.90 Å². The monoisotopic (exact) mass is 580 g/mol. The Morgan fingerprint density at radius 1 is 0.732 bits per heavy atom. The van der Waals surface area contributed by atoms with Crippen LogP contribution in [0.4, 0.5) is 26.3 Å². The second-order valence-corrected chi connectivity index (χ2v) is 11.4. The van der Waals surface area contributed by atoms with Crippen molar-refractivity contribution in [3.63, 3.8) is 0 Å². The summed E-state index contributed by atoms with van der Waals surface area (Å²) >= 11 is 0. The SMILES string of the molecule is CC#N.CCN(CCCc1c(C2(C(F)(F)F)CCCC2)cccc1C1(C(F)(F)F)CCCC1)CCc1ccccc1. The van der Waals surface area contributed by atoms with Crippen LogP contribution < -0.4 is 0 Å². The van der Waals surface area contributed by atoms with Gasteiger partial charge >= 0.3 is 12.4 Å². The highest BCUT2D eigenvalue weighted by atomic mass is 19.4. The van der Waals surface area contributed by atoms with Crippen LogP contribution in [0.5, 0.6) is 0 Å². The Hall–Kier alpha value is -2.53. The molecule has 0 aromatic heterocycles. The van der Waals surface area contributed by atoms with Crippen LogP contribution in [0.2, 0.25) is 0 Å². The van der Waals surface area contributed by atoms with Gasteiger partial charge in [-0.2, -0.15) is 31.6 Å². The Kier molecular flexibility index (Phi) is 11.3. The summed E-state index contributed by atoms with van der Waals surface area (Å²) in [6, 6.07) is 16.2. The molecule has 0 saturated heterocycles. The molecule has 0 N–H and O–H groups in total. The molecule has 2 aliphatic carbocycles. The van der Waals surface area contributed by atoms with Gasteiger partial charge in [0, 0.05) is 13.5 Å². The van der Waals surface area contributed by atoms with Crippen molar-refractivity contribution in [1.29, 1.82) is 5.26 Å². The van der Waals surface area contributed by atoms with Gasteiger partial charge in [0.05, 0.1) is 16.9 Å². The highest BCUT2D eigenvalue weighted by Crippen LogP contribution is 2.57. The van der Waals surface area contributed by atoms with Crippen molar-refractivity contribution in [2.75, 3.05) is 19.6 Å². The molecular weight excluding hydrogens is 538 g/mol. The first-order chi connectivity index (χ1) is 19.5. The van der Waals surface area contributed by atoms with E-state index in [1.807, 2.05) is 25.1 Å². The van der Waals surface area contributed by atoms with Crippen molar-refractivity contribution in [2.24, 2.45) is 0 Å². The van der Waals surface area contributed by atoms with Gasteiger partial charge in [0.2, 0.25) is 0 Å². The van der Waals surface area contributed by atoms with Crippen molar-refractivity contribution in [3.8, 4) is 6.07 Å². The van der Waals surface area contributed by atoms with Crippen LogP contribution in [-0.2, 0) is 23.7 Å². The third kappa shape index (κ3) is 7.28. The number of hydrogen-bond donors (Lipinski definition) is 0. The largest absolute Gasteiger partial charge is 0.398 e. The maximum Gasteiger partial charge on any atom is 0.398 e. The van der Waals surface area contributed by atoms with Crippen molar-refractivity contribution < 1.29 is 26.3 Å². The molecule has 2 aromatic rings. The lowest BCUT2D eigenvalue weighted by Crippen LogP contribution is -2.44. The van der Waals surface area contributed by atoms with Crippen molar-refractivity contribution in [1.82, 2.24) is 4.90 Å². The van der Waals surface area contributed by atoms with Crippen LogP contribution in [0.1, 0.15) is 93.9 Å². The topological polar surface area (TPSA) is 27.0 Å². The number of likely N-dealkylation sites (N-methyl/N-ethyl adjacent to an activating group) is 1. The molecular formula is C33H42F6N2. The van der Waals surface area contributed by atoms with Crippen molar-refractivity contribution in [2.45, 2.75) is 108 Å². The van der Waals surface area contributed by atoms with E-state index >= 15 is 0 Å². The number of benzene rings is 2. The molecule has 0 spiro atoms. The van der Waals surface area contributed by atoms with Gasteiger partial charge in [0.1, 0.15) is 0 Å². The van der Waals surface area contributed by atoms with Gasteiger partial charge in [0.15, 0.2) is 0 Å². The molecule has 0 atom stereocenters. The summed E-state index contributed by atoms with van der Waals surface area (Å²) in [4.78, 5) is 2.24. The zero-order chi connectivity index (χ0) is 30.2. The van der Waals surface area contributed by atoms with E-state index in [2.05, 4.69) is 17.0 Å². The second kappa shape index (κ2) is 14.1. The van der Waals surface area contributed by atoms with E-state index in [1.54, 1.807) is 6.07 Å². The molecule has 0 aliphatic heterocycles. The average Bonchev–Trinajstić information content (AvgIpc) is 3.63. The number of halogens is 6. The van der Waals surface area contributed by atoms with Crippen LogP contribution in [0, 0.1) is 11.3 Å². The summed E-state index contributed by atoms with van der Waals surface area (Å²) in [5.74, 6) is 0. The fourth-order valence-corrected chi connectivity index (χ4v) is 6.96. The number of rotatable bonds is 10. The van der Waals surface area contributed by atoms with Crippen LogP contribution >= 0.6 is 0 Å². The predicted molar refractivity (Wildman–Crippen MR) is 151 cm³/mol. The summed E-state index contributed by atoms with van der Waals surface area (Å²) in [7, 11) is 0. The number of nitriles is 1. The Bertz CT molecular complexity index is 1070. The number of nitrogens with zero attached hydrogens (tertiary/aromatic N) is 2. The number of hydrogen-bond acceptors (Lipinski definition) is 2. The van der Waals surface area contributed by atoms with Gasteiger partial charge in [-0.05, 0) is 80.3 Å². The lowest BCUT2D eigenvalue weighted by atomic mass is 9.69. The highest BCUT2D eigenvalue weighted by Gasteiger charge is 2.60. The Balaban J connectivity index is 0.00000147. The van der Waals surface area contributed by atoms with Crippen LogP contribution in [0.15, 0.2) is 48.5 Å². The maximum absolute atomic E-state index is 14.7. The third-order valence-electron chi connectivity index (χ3n) is 9.11. The van der Waals surface area contributed by atoms with E-state index in [1.165, 1.54) is 30.7 Å². The quantitative estimate of drug-likeness (QED) is 0.262. The summed E-state index contributed by atoms with van der Waals surface area (Å²) in [5, 5.41) is 7.32. The molecule has 0 heterocycles. The minimum absolute atomic E-state index is 0.0515. The second-order valence-electron chi connectivity index (χ2n) is 11.4. The van der Waals surface area contributed by atoms with Crippen LogP contribution in [-0.4, -0.2) is 36.9 Å². The average molecular weight is 581 g/mol. The van der Waals surface area contributed by atoms with Crippen LogP contribution in [0.3, 0.4) is 0 Å². The third-order valence-corrected chi connectivity index (χ3v) is 9.11. The smallest absolute Gasteiger partial charge is 0.303 e. The molecule has 2 fully saturated rings. The van der Waals surface area contributed by atoms with Gasteiger partial charge in [-0.3, -0.25) is 0 Å². The minimum atomic E-state index is -4.50. The van der Waals surface area contributed by atoms with Crippen molar-refractivity contribution >= 4 is 0 Å². The van der Waals surface area contributed by atoms with E-state index in [9.17, 15) is 26.3 Å². The fourth-order valence-electron chi connectivity index (χ4n) is 6.96. The van der Waals surface area contributed by atoms with Crippen LogP contribution in [0.25, 0.3) is 0 Å². The zero-order valence-corrected chi connectivity index (χ0v) is 24.2. The molecule has 2 aliphatic rings. The van der Waals surface area contributed by atoms with Crippen molar-refractivity contribution in [3.05, 3.63) is 70.8 Å². The Morgan fingerprint density at radius 2 is 1.20 bits per heavy atom. The summed E-state index contributed by atoms with van der Waals surface area (Å²) in [6.45, 7) is 5.68. The molecule has 2 nitrogen and oxygen atoms in total. The lowest BCUT2D eigenvalue weighted by molar-refractivity contribution is -0.191. The first-order valence-electron chi connectivity index (χ1n) is 14.8. The standard InChI is InChI=1S/C31H39F6N.C2H3N/c1-2-38(23-17-24-12-4-3-5-13-24)22-11-14-25-26(28(30(32,33)34)18-6-7-19-28)15-10-16-27(25)29(31(35,36)37)20-8-9-21-29;1-2-3/h3-5,10,12-13,15-16H,2,6-9,11,14,17-23H2,1H3;1H3. The first kappa shape index (κ1) is 33.0. The molecule has 0 radical (unpaired) electrons. The molecule has 0 bridgehead atoms. The summed E-state index contributed by atoms with van der Waals surface area (Å²) < 4.78 is 87.9. The molecule has 2 saturated carbocycles. The summed E-state index contributed by atoms with van der Waals surface area (Å²) in [6.07, 6.45) is -5.84. The van der Waals surface area contributed by atoms with Gasteiger partial charge in [-0.1, -0.05) is 81.1 Å². The number of alkyl halides is 6. The van der Waals surface area contributed by atoms with E-state index in [4.69, 9.17) is 5.26 Å². The van der Waals surface area contributed by atoms with E-state index in [0.29, 0.717) is 44.2 Å². The van der Waals surface area contributed by atoms with E-state index in [0.717, 1.165) is 19.5 Å². The molecule has 8 heteroatoms. The van der Waals surface area contributed by atoms with Gasteiger partial charge in [-0.15, -0.1) is 0 Å². The van der Waals surface area contributed by atoms with Gasteiger partial charge in [-0.25, -0.2) is 0 Å². The lowest BCUT2D eigenvalue weighted by Gasteiger charge is -2.39. The first-order valence-corrected chi connectivity index (χ1v) is 14.8. The fraction of sp³-hybridized carbons (Fsp3) is 0.606. The zero-order valence-electron chi connectivity index (χ0n) is 24.2.